The summed E-state index contributed by atoms with van der Waals surface area (Å²) in [6, 6.07) is -0.513. The van der Waals surface area contributed by atoms with Gasteiger partial charge in [0.2, 0.25) is 5.91 Å². The smallest absolute Gasteiger partial charge is 0.321 e. The van der Waals surface area contributed by atoms with Gasteiger partial charge >= 0.3 is 6.03 Å². The highest BCUT2D eigenvalue weighted by Crippen LogP contribution is 2.35. The van der Waals surface area contributed by atoms with Crippen molar-refractivity contribution in [3.05, 3.63) is 20.8 Å². The van der Waals surface area contributed by atoms with E-state index in [2.05, 4.69) is 24.5 Å². The number of thiophene rings is 1. The Kier molecular flexibility index (Phi) is 7.57. The minimum absolute atomic E-state index is 0.00103. The van der Waals surface area contributed by atoms with Crippen LogP contribution in [0.15, 0.2) is 9.95 Å². The molecule has 0 saturated heterocycles. The molecule has 2 aromatic rings. The monoisotopic (exact) mass is 450 g/mol. The van der Waals surface area contributed by atoms with E-state index >= 15 is 0 Å². The first kappa shape index (κ1) is 22.8. The molecule has 2 heterocycles. The third kappa shape index (κ3) is 5.06. The molecule has 3 amide bonds. The van der Waals surface area contributed by atoms with Gasteiger partial charge in [-0.25, -0.2) is 9.78 Å². The van der Waals surface area contributed by atoms with Crippen molar-refractivity contribution < 1.29 is 9.59 Å². The number of imide groups is 1. The fourth-order valence-electron chi connectivity index (χ4n) is 3.52. The zero-order valence-electron chi connectivity index (χ0n) is 18.0. The number of nitrogens with one attached hydrogen (secondary N) is 2. The number of amides is 3. The van der Waals surface area contributed by atoms with E-state index in [1.165, 1.54) is 22.2 Å². The molecule has 0 aromatic carbocycles. The van der Waals surface area contributed by atoms with Crippen molar-refractivity contribution in [1.82, 2.24) is 20.2 Å². The van der Waals surface area contributed by atoms with Crippen LogP contribution in [0.1, 0.15) is 57.4 Å². The van der Waals surface area contributed by atoms with Gasteiger partial charge in [-0.2, -0.15) is 0 Å². The topological polar surface area (TPSA) is 93.1 Å². The molecular formula is C21H30N4O3S2. The highest BCUT2D eigenvalue weighted by atomic mass is 32.2. The van der Waals surface area contributed by atoms with E-state index in [0.29, 0.717) is 24.2 Å². The Morgan fingerprint density at radius 2 is 1.97 bits per heavy atom. The number of rotatable bonds is 7. The molecule has 0 bridgehead atoms. The van der Waals surface area contributed by atoms with Crippen LogP contribution >= 0.6 is 23.1 Å². The minimum atomic E-state index is -0.558. The number of nitrogens with zero attached hydrogens (tertiary/aromatic N) is 2. The lowest BCUT2D eigenvalue weighted by atomic mass is 9.97. The van der Waals surface area contributed by atoms with E-state index in [1.54, 1.807) is 29.8 Å². The summed E-state index contributed by atoms with van der Waals surface area (Å²) >= 11 is 2.84. The van der Waals surface area contributed by atoms with Crippen molar-refractivity contribution in [1.29, 1.82) is 0 Å². The number of urea groups is 1. The summed E-state index contributed by atoms with van der Waals surface area (Å²) in [4.78, 5) is 44.4. The normalized spacial score (nSPS) is 14.6. The van der Waals surface area contributed by atoms with Crippen LogP contribution in [-0.4, -0.2) is 33.3 Å². The molecule has 1 aliphatic rings. The predicted octanol–water partition coefficient (Wildman–Crippen LogP) is 3.71. The van der Waals surface area contributed by atoms with Crippen LogP contribution < -0.4 is 16.2 Å². The average Bonchev–Trinajstić information content (AvgIpc) is 3.05. The van der Waals surface area contributed by atoms with Gasteiger partial charge in [0.15, 0.2) is 5.16 Å². The molecular weight excluding hydrogens is 420 g/mol. The molecule has 2 aromatic heterocycles. The summed E-state index contributed by atoms with van der Waals surface area (Å²) in [6.07, 6.45) is 5.06. The Bertz CT molecular complexity index is 996. The average molecular weight is 451 g/mol. The quantitative estimate of drug-likeness (QED) is 0.495. The van der Waals surface area contributed by atoms with Crippen molar-refractivity contribution in [3.63, 3.8) is 0 Å². The Morgan fingerprint density at radius 3 is 2.67 bits per heavy atom. The maximum absolute atomic E-state index is 13.5. The molecule has 0 spiro atoms. The summed E-state index contributed by atoms with van der Waals surface area (Å²) in [5.41, 5.74) is 1.18. The highest BCUT2D eigenvalue weighted by molar-refractivity contribution is 8.00. The van der Waals surface area contributed by atoms with Crippen molar-refractivity contribution in [2.24, 2.45) is 5.92 Å². The number of thioether (sulfide) groups is 1. The Labute approximate surface area is 185 Å². The third-order valence-electron chi connectivity index (χ3n) is 5.20. The largest absolute Gasteiger partial charge is 0.338 e. The lowest BCUT2D eigenvalue weighted by Crippen LogP contribution is -2.42. The number of hydrogen-bond acceptors (Lipinski definition) is 6. The van der Waals surface area contributed by atoms with E-state index in [0.717, 1.165) is 42.3 Å². The van der Waals surface area contributed by atoms with E-state index in [1.807, 2.05) is 0 Å². The third-order valence-corrected chi connectivity index (χ3v) is 7.47. The van der Waals surface area contributed by atoms with E-state index in [4.69, 9.17) is 4.98 Å². The van der Waals surface area contributed by atoms with Crippen LogP contribution in [0.5, 0.6) is 0 Å². The van der Waals surface area contributed by atoms with Crippen LogP contribution in [0.2, 0.25) is 0 Å². The van der Waals surface area contributed by atoms with Gasteiger partial charge in [0.25, 0.3) is 5.56 Å². The second-order valence-corrected chi connectivity index (χ2v) is 10.4. The molecule has 9 heteroatoms. The van der Waals surface area contributed by atoms with Gasteiger partial charge in [-0.3, -0.25) is 19.5 Å². The van der Waals surface area contributed by atoms with Crippen molar-refractivity contribution in [3.8, 4) is 0 Å². The lowest BCUT2D eigenvalue weighted by molar-refractivity contribution is -0.119. The summed E-state index contributed by atoms with van der Waals surface area (Å²) in [5, 5.41) is 5.64. The zero-order chi connectivity index (χ0) is 21.8. The van der Waals surface area contributed by atoms with Crippen molar-refractivity contribution in [2.45, 2.75) is 76.8 Å². The molecule has 0 aliphatic heterocycles. The lowest BCUT2D eigenvalue weighted by Gasteiger charge is -2.16. The van der Waals surface area contributed by atoms with Crippen molar-refractivity contribution in [2.75, 3.05) is 6.54 Å². The SMILES string of the molecule is CCNC(=O)NC(=O)[C@H](C)Sc1nc2sc3c(c2c(=O)n1CCC(C)C)CCCC3. The second-order valence-electron chi connectivity index (χ2n) is 8.03. The first-order chi connectivity index (χ1) is 14.3. The van der Waals surface area contributed by atoms with E-state index < -0.39 is 17.2 Å². The number of hydrogen-bond donors (Lipinski definition) is 2. The maximum Gasteiger partial charge on any atom is 0.321 e. The molecule has 7 nitrogen and oxygen atoms in total. The molecule has 0 unspecified atom stereocenters. The zero-order valence-corrected chi connectivity index (χ0v) is 19.7. The molecule has 0 saturated carbocycles. The summed E-state index contributed by atoms with van der Waals surface area (Å²) < 4.78 is 1.73. The number of fused-ring (bicyclic) bond motifs is 3. The molecule has 2 N–H and O–H groups in total. The standard InChI is InChI=1S/C21H30N4O3S2/c1-5-22-20(28)23-17(26)13(4)29-21-24-18-16(14-8-6-7-9-15(14)30-18)19(27)25(21)11-10-12(2)3/h12-13H,5-11H2,1-4H3,(H2,22,23,26,28)/t13-/m0/s1. The fourth-order valence-corrected chi connectivity index (χ4v) is 5.76. The number of carbonyl (C=O) groups is 2. The van der Waals surface area contributed by atoms with E-state index in [-0.39, 0.29) is 5.56 Å². The molecule has 30 heavy (non-hydrogen) atoms. The van der Waals surface area contributed by atoms with Gasteiger partial charge in [-0.05, 0) is 57.4 Å². The van der Waals surface area contributed by atoms with Gasteiger partial charge in [0.05, 0.1) is 10.6 Å². The van der Waals surface area contributed by atoms with Crippen LogP contribution in [-0.2, 0) is 24.2 Å². The highest BCUT2D eigenvalue weighted by Gasteiger charge is 2.25. The van der Waals surface area contributed by atoms with Crippen molar-refractivity contribution >= 4 is 45.3 Å². The van der Waals surface area contributed by atoms with Crippen LogP contribution in [0.4, 0.5) is 4.79 Å². The van der Waals surface area contributed by atoms with Crippen LogP contribution in [0.25, 0.3) is 10.2 Å². The minimum Gasteiger partial charge on any atom is -0.338 e. The van der Waals surface area contributed by atoms with Gasteiger partial charge in [-0.15, -0.1) is 11.3 Å². The fraction of sp³-hybridized carbons (Fsp3) is 0.619. The Hall–Kier alpha value is -1.87. The molecule has 1 aliphatic carbocycles. The first-order valence-electron chi connectivity index (χ1n) is 10.6. The Balaban J connectivity index is 1.95. The van der Waals surface area contributed by atoms with Gasteiger partial charge in [0, 0.05) is 18.0 Å². The number of carbonyl (C=O) groups excluding carboxylic acids is 2. The molecule has 1 atom stereocenters. The maximum atomic E-state index is 13.5. The first-order valence-corrected chi connectivity index (χ1v) is 12.3. The molecule has 3 rings (SSSR count). The summed E-state index contributed by atoms with van der Waals surface area (Å²) in [6.45, 7) is 8.77. The number of aryl methyl sites for hydroxylation is 2. The summed E-state index contributed by atoms with van der Waals surface area (Å²) in [5.74, 6) is 0.0430. The van der Waals surface area contributed by atoms with Gasteiger partial charge in [0.1, 0.15) is 4.83 Å². The molecule has 0 fully saturated rings. The molecule has 0 radical (unpaired) electrons. The summed E-state index contributed by atoms with van der Waals surface area (Å²) in [7, 11) is 0. The van der Waals surface area contributed by atoms with Crippen LogP contribution in [0, 0.1) is 5.92 Å². The van der Waals surface area contributed by atoms with Gasteiger partial charge in [-0.1, -0.05) is 25.6 Å². The molecule has 164 valence electrons. The van der Waals surface area contributed by atoms with E-state index in [9.17, 15) is 14.4 Å². The number of aromatic nitrogens is 2. The van der Waals surface area contributed by atoms with Gasteiger partial charge < -0.3 is 5.32 Å². The second kappa shape index (κ2) is 9.96. The Morgan fingerprint density at radius 1 is 1.23 bits per heavy atom. The van der Waals surface area contributed by atoms with Crippen LogP contribution in [0.3, 0.4) is 0 Å². The predicted molar refractivity (Wildman–Crippen MR) is 123 cm³/mol.